The summed E-state index contributed by atoms with van der Waals surface area (Å²) in [5.74, 6) is -0.424. The average Bonchev–Trinajstić information content (AvgIpc) is 2.89. The normalized spacial score (nSPS) is 10.8. The lowest BCUT2D eigenvalue weighted by Gasteiger charge is -2.12. The number of methoxy groups -OCH3 is 2. The minimum Gasteiger partial charge on any atom is -0.493 e. The van der Waals surface area contributed by atoms with Crippen molar-refractivity contribution in [3.05, 3.63) is 101 Å². The molecule has 8 heteroatoms. The van der Waals surface area contributed by atoms with Crippen molar-refractivity contribution >= 4 is 28.9 Å². The quantitative estimate of drug-likeness (QED) is 0.177. The number of halogens is 1. The van der Waals surface area contributed by atoms with Crippen LogP contribution in [-0.2, 0) is 0 Å². The summed E-state index contributed by atoms with van der Waals surface area (Å²) in [6.07, 6.45) is 1.40. The number of hydrazone groups is 1. The maximum absolute atomic E-state index is 13.1. The SMILES string of the molecule is COc1ccc(C(=O)Oc2ccc3ccccc3c2/C=N/NC(=O)c2ccc(F)cc2)cc1OC. The number of benzene rings is 4. The number of esters is 1. The molecular formula is C27H21FN2O5. The number of fused-ring (bicyclic) bond motifs is 1. The Hall–Kier alpha value is -4.72. The molecule has 0 unspecified atom stereocenters. The minimum absolute atomic E-state index is 0.251. The van der Waals surface area contributed by atoms with Crippen LogP contribution in [0.3, 0.4) is 0 Å². The Balaban J connectivity index is 1.62. The van der Waals surface area contributed by atoms with E-state index in [1.807, 2.05) is 30.3 Å². The summed E-state index contributed by atoms with van der Waals surface area (Å²) in [6, 6.07) is 20.8. The van der Waals surface area contributed by atoms with Crippen LogP contribution in [0, 0.1) is 5.82 Å². The zero-order valence-corrected chi connectivity index (χ0v) is 18.9. The molecule has 0 atom stereocenters. The Labute approximate surface area is 200 Å². The number of nitrogens with one attached hydrogen (secondary N) is 1. The molecule has 0 aliphatic heterocycles. The molecule has 0 spiro atoms. The molecule has 0 aliphatic rings. The molecule has 176 valence electrons. The molecule has 0 saturated carbocycles. The van der Waals surface area contributed by atoms with Crippen molar-refractivity contribution < 1.29 is 28.2 Å². The number of ether oxygens (including phenoxy) is 3. The first-order chi connectivity index (χ1) is 17.0. The first-order valence-corrected chi connectivity index (χ1v) is 10.5. The van der Waals surface area contributed by atoms with Crippen molar-refractivity contribution in [2.45, 2.75) is 0 Å². The summed E-state index contributed by atoms with van der Waals surface area (Å²) in [5, 5.41) is 5.70. The number of hydrogen-bond acceptors (Lipinski definition) is 6. The molecule has 1 N–H and O–H groups in total. The number of carbonyl (C=O) groups is 2. The van der Waals surface area contributed by atoms with Gasteiger partial charge in [0.25, 0.3) is 5.91 Å². The van der Waals surface area contributed by atoms with E-state index in [9.17, 15) is 14.0 Å². The van der Waals surface area contributed by atoms with Gasteiger partial charge < -0.3 is 14.2 Å². The Kier molecular flexibility index (Phi) is 7.02. The van der Waals surface area contributed by atoms with Crippen LogP contribution in [0.15, 0.2) is 84.0 Å². The van der Waals surface area contributed by atoms with Crippen molar-refractivity contribution in [1.82, 2.24) is 5.43 Å². The van der Waals surface area contributed by atoms with Crippen LogP contribution < -0.4 is 19.6 Å². The fourth-order valence-electron chi connectivity index (χ4n) is 3.44. The van der Waals surface area contributed by atoms with Crippen LogP contribution in [0.1, 0.15) is 26.3 Å². The zero-order valence-electron chi connectivity index (χ0n) is 18.9. The third-order valence-corrected chi connectivity index (χ3v) is 5.22. The largest absolute Gasteiger partial charge is 0.493 e. The maximum Gasteiger partial charge on any atom is 0.343 e. The van der Waals surface area contributed by atoms with Crippen molar-refractivity contribution in [3.8, 4) is 17.2 Å². The van der Waals surface area contributed by atoms with Crippen LogP contribution >= 0.6 is 0 Å². The Morgan fingerprint density at radius 2 is 1.51 bits per heavy atom. The third kappa shape index (κ3) is 5.27. The van der Waals surface area contributed by atoms with Gasteiger partial charge in [-0.05, 0) is 59.3 Å². The van der Waals surface area contributed by atoms with Gasteiger partial charge in [0.15, 0.2) is 11.5 Å². The molecule has 4 aromatic carbocycles. The van der Waals surface area contributed by atoms with Gasteiger partial charge in [0.05, 0.1) is 26.0 Å². The van der Waals surface area contributed by atoms with Gasteiger partial charge in [-0.2, -0.15) is 5.10 Å². The molecule has 0 saturated heterocycles. The van der Waals surface area contributed by atoms with Crippen LogP contribution in [-0.4, -0.2) is 32.3 Å². The van der Waals surface area contributed by atoms with Crippen LogP contribution in [0.5, 0.6) is 17.2 Å². The summed E-state index contributed by atoms with van der Waals surface area (Å²) in [7, 11) is 2.98. The van der Waals surface area contributed by atoms with Gasteiger partial charge in [-0.15, -0.1) is 0 Å². The molecule has 0 bridgehead atoms. The number of amides is 1. The molecule has 0 heterocycles. The smallest absolute Gasteiger partial charge is 0.343 e. The highest BCUT2D eigenvalue weighted by molar-refractivity contribution is 6.04. The zero-order chi connectivity index (χ0) is 24.8. The lowest BCUT2D eigenvalue weighted by Crippen LogP contribution is -2.17. The Morgan fingerprint density at radius 1 is 0.829 bits per heavy atom. The van der Waals surface area contributed by atoms with E-state index in [0.717, 1.165) is 10.8 Å². The monoisotopic (exact) mass is 472 g/mol. The first-order valence-electron chi connectivity index (χ1n) is 10.5. The predicted molar refractivity (Wildman–Crippen MR) is 130 cm³/mol. The molecule has 0 aliphatic carbocycles. The van der Waals surface area contributed by atoms with Gasteiger partial charge in [0.2, 0.25) is 0 Å². The van der Waals surface area contributed by atoms with E-state index in [2.05, 4.69) is 10.5 Å². The van der Waals surface area contributed by atoms with Gasteiger partial charge in [-0.25, -0.2) is 14.6 Å². The topological polar surface area (TPSA) is 86.2 Å². The summed E-state index contributed by atoms with van der Waals surface area (Å²) in [5.41, 5.74) is 3.42. The molecule has 7 nitrogen and oxygen atoms in total. The highest BCUT2D eigenvalue weighted by Gasteiger charge is 2.16. The summed E-state index contributed by atoms with van der Waals surface area (Å²) < 4.78 is 29.3. The highest BCUT2D eigenvalue weighted by atomic mass is 19.1. The van der Waals surface area contributed by atoms with Crippen molar-refractivity contribution in [2.75, 3.05) is 14.2 Å². The molecule has 0 radical (unpaired) electrons. The van der Waals surface area contributed by atoms with Gasteiger partial charge in [0.1, 0.15) is 11.6 Å². The number of carbonyl (C=O) groups excluding carboxylic acids is 2. The predicted octanol–water partition coefficient (Wildman–Crippen LogP) is 4.98. The van der Waals surface area contributed by atoms with E-state index in [1.54, 1.807) is 18.2 Å². The van der Waals surface area contributed by atoms with E-state index in [4.69, 9.17) is 14.2 Å². The van der Waals surface area contributed by atoms with E-state index in [1.165, 1.54) is 50.8 Å². The molecule has 4 rings (SSSR count). The molecule has 4 aromatic rings. The second-order valence-corrected chi connectivity index (χ2v) is 7.36. The number of nitrogens with zero attached hydrogens (tertiary/aromatic N) is 1. The summed E-state index contributed by atoms with van der Waals surface area (Å²) >= 11 is 0. The average molecular weight is 472 g/mol. The van der Waals surface area contributed by atoms with Gasteiger partial charge in [0, 0.05) is 11.1 Å². The molecule has 35 heavy (non-hydrogen) atoms. The second-order valence-electron chi connectivity index (χ2n) is 7.36. The lowest BCUT2D eigenvalue weighted by molar-refractivity contribution is 0.0734. The van der Waals surface area contributed by atoms with E-state index >= 15 is 0 Å². The third-order valence-electron chi connectivity index (χ3n) is 5.22. The van der Waals surface area contributed by atoms with Crippen LogP contribution in [0.25, 0.3) is 10.8 Å². The molecule has 0 fully saturated rings. The van der Waals surface area contributed by atoms with E-state index in [-0.39, 0.29) is 16.9 Å². The number of rotatable bonds is 7. The number of hydrogen-bond donors (Lipinski definition) is 1. The van der Waals surface area contributed by atoms with Crippen molar-refractivity contribution in [3.63, 3.8) is 0 Å². The highest BCUT2D eigenvalue weighted by Crippen LogP contribution is 2.30. The van der Waals surface area contributed by atoms with Crippen molar-refractivity contribution in [2.24, 2.45) is 5.10 Å². The molecule has 0 aromatic heterocycles. The van der Waals surface area contributed by atoms with Crippen molar-refractivity contribution in [1.29, 1.82) is 0 Å². The Morgan fingerprint density at radius 3 is 2.26 bits per heavy atom. The molecular weight excluding hydrogens is 451 g/mol. The second kappa shape index (κ2) is 10.5. The molecule has 1 amide bonds. The standard InChI is InChI=1S/C27H21FN2O5/c1-33-24-14-10-19(15-25(24)34-2)27(32)35-23-13-9-17-5-3-4-6-21(17)22(23)16-29-30-26(31)18-7-11-20(28)12-8-18/h3-16H,1-2H3,(H,30,31)/b29-16+. The van der Waals surface area contributed by atoms with Gasteiger partial charge in [-0.1, -0.05) is 30.3 Å². The lowest BCUT2D eigenvalue weighted by atomic mass is 10.0. The summed E-state index contributed by atoms with van der Waals surface area (Å²) in [6.45, 7) is 0. The van der Waals surface area contributed by atoms with Gasteiger partial charge in [-0.3, -0.25) is 4.79 Å². The Bertz CT molecular complexity index is 1420. The summed E-state index contributed by atoms with van der Waals surface area (Å²) in [4.78, 5) is 25.2. The van der Waals surface area contributed by atoms with E-state index in [0.29, 0.717) is 17.1 Å². The fraction of sp³-hybridized carbons (Fsp3) is 0.0741. The van der Waals surface area contributed by atoms with Crippen LogP contribution in [0.2, 0.25) is 0 Å². The van der Waals surface area contributed by atoms with Crippen LogP contribution in [0.4, 0.5) is 4.39 Å². The fourth-order valence-corrected chi connectivity index (χ4v) is 3.44. The van der Waals surface area contributed by atoms with Gasteiger partial charge >= 0.3 is 5.97 Å². The minimum atomic E-state index is -0.605. The first kappa shape index (κ1) is 23.4. The van der Waals surface area contributed by atoms with E-state index < -0.39 is 17.7 Å². The maximum atomic E-state index is 13.1.